The molecule has 0 saturated carbocycles. The highest BCUT2D eigenvalue weighted by Gasteiger charge is 2.01. The highest BCUT2D eigenvalue weighted by Crippen LogP contribution is 2.16. The third-order valence-corrected chi connectivity index (χ3v) is 2.40. The largest absolute Gasteiger partial charge is 0.272 e. The van der Waals surface area contributed by atoms with E-state index in [9.17, 15) is 0 Å². The van der Waals surface area contributed by atoms with Crippen molar-refractivity contribution >= 4 is 27.5 Å². The normalized spacial score (nSPS) is 10.3. The average molecular weight is 259 g/mol. The SMILES string of the molecule is Clc1nncn1-c1ccc(Br)cc1. The molecule has 0 aliphatic heterocycles. The Morgan fingerprint density at radius 3 is 2.46 bits per heavy atom. The molecule has 0 aliphatic rings. The molecule has 0 atom stereocenters. The molecule has 0 unspecified atom stereocenters. The van der Waals surface area contributed by atoms with Gasteiger partial charge in [-0.15, -0.1) is 10.2 Å². The molecular formula is C8H5BrClN3. The van der Waals surface area contributed by atoms with Crippen molar-refractivity contribution in [3.8, 4) is 5.69 Å². The van der Waals surface area contributed by atoms with Crippen LogP contribution in [0.15, 0.2) is 35.1 Å². The Hall–Kier alpha value is -0.870. The van der Waals surface area contributed by atoms with Crippen LogP contribution in [0.2, 0.25) is 5.28 Å². The Balaban J connectivity index is 2.47. The molecule has 0 N–H and O–H groups in total. The number of benzene rings is 1. The van der Waals surface area contributed by atoms with E-state index in [0.717, 1.165) is 10.2 Å². The fraction of sp³-hybridized carbons (Fsp3) is 0. The van der Waals surface area contributed by atoms with Crippen molar-refractivity contribution in [1.82, 2.24) is 14.8 Å². The fourth-order valence-corrected chi connectivity index (χ4v) is 1.45. The minimum atomic E-state index is 0.363. The number of nitrogens with zero attached hydrogens (tertiary/aromatic N) is 3. The summed E-state index contributed by atoms with van der Waals surface area (Å²) >= 11 is 9.15. The number of aromatic nitrogens is 3. The second-order valence-corrected chi connectivity index (χ2v) is 3.70. The molecular weight excluding hydrogens is 253 g/mol. The molecule has 1 aromatic carbocycles. The highest BCUT2D eigenvalue weighted by molar-refractivity contribution is 9.10. The number of hydrogen-bond acceptors (Lipinski definition) is 2. The van der Waals surface area contributed by atoms with E-state index in [0.29, 0.717) is 5.28 Å². The van der Waals surface area contributed by atoms with Gasteiger partial charge in [-0.3, -0.25) is 4.57 Å². The summed E-state index contributed by atoms with van der Waals surface area (Å²) in [5, 5.41) is 7.74. The summed E-state index contributed by atoms with van der Waals surface area (Å²) in [7, 11) is 0. The van der Waals surface area contributed by atoms with E-state index in [1.807, 2.05) is 24.3 Å². The van der Waals surface area contributed by atoms with Crippen molar-refractivity contribution < 1.29 is 0 Å². The predicted molar refractivity (Wildman–Crippen MR) is 54.1 cm³/mol. The van der Waals surface area contributed by atoms with Crippen molar-refractivity contribution in [2.24, 2.45) is 0 Å². The van der Waals surface area contributed by atoms with Crippen LogP contribution in [-0.2, 0) is 0 Å². The van der Waals surface area contributed by atoms with Gasteiger partial charge < -0.3 is 0 Å². The van der Waals surface area contributed by atoms with Crippen LogP contribution >= 0.6 is 27.5 Å². The van der Waals surface area contributed by atoms with Crippen LogP contribution in [0.4, 0.5) is 0 Å². The van der Waals surface area contributed by atoms with Gasteiger partial charge in [0, 0.05) is 10.2 Å². The summed E-state index contributed by atoms with van der Waals surface area (Å²) in [5.74, 6) is 0. The van der Waals surface area contributed by atoms with Crippen LogP contribution in [-0.4, -0.2) is 14.8 Å². The fourth-order valence-electron chi connectivity index (χ4n) is 0.996. The first-order valence-electron chi connectivity index (χ1n) is 3.59. The smallest absolute Gasteiger partial charge is 0.229 e. The van der Waals surface area contributed by atoms with Crippen molar-refractivity contribution in [3.63, 3.8) is 0 Å². The molecule has 0 saturated heterocycles. The zero-order valence-corrected chi connectivity index (χ0v) is 8.83. The summed E-state index contributed by atoms with van der Waals surface area (Å²) in [5.41, 5.74) is 0.943. The summed E-state index contributed by atoms with van der Waals surface area (Å²) < 4.78 is 2.73. The molecule has 0 fully saturated rings. The Morgan fingerprint density at radius 2 is 1.92 bits per heavy atom. The number of halogens is 2. The van der Waals surface area contributed by atoms with E-state index in [1.54, 1.807) is 10.9 Å². The third kappa shape index (κ3) is 1.73. The Kier molecular flexibility index (Phi) is 2.33. The molecule has 1 heterocycles. The lowest BCUT2D eigenvalue weighted by molar-refractivity contribution is 1.06. The molecule has 66 valence electrons. The minimum Gasteiger partial charge on any atom is -0.272 e. The van der Waals surface area contributed by atoms with Gasteiger partial charge in [0.1, 0.15) is 6.33 Å². The summed E-state index contributed by atoms with van der Waals surface area (Å²) in [6, 6.07) is 7.73. The van der Waals surface area contributed by atoms with Gasteiger partial charge in [0.05, 0.1) is 0 Å². The monoisotopic (exact) mass is 257 g/mol. The van der Waals surface area contributed by atoms with Gasteiger partial charge in [-0.2, -0.15) is 0 Å². The molecule has 3 nitrogen and oxygen atoms in total. The van der Waals surface area contributed by atoms with E-state index >= 15 is 0 Å². The second-order valence-electron chi connectivity index (χ2n) is 2.45. The third-order valence-electron chi connectivity index (χ3n) is 1.61. The molecule has 2 rings (SSSR count). The maximum absolute atomic E-state index is 5.79. The van der Waals surface area contributed by atoms with Crippen LogP contribution < -0.4 is 0 Å². The Labute approximate surface area is 88.5 Å². The van der Waals surface area contributed by atoms with E-state index in [1.165, 1.54) is 0 Å². The van der Waals surface area contributed by atoms with Gasteiger partial charge in [-0.05, 0) is 35.9 Å². The van der Waals surface area contributed by atoms with E-state index in [2.05, 4.69) is 26.1 Å². The first-order valence-corrected chi connectivity index (χ1v) is 4.76. The Bertz CT molecular complexity index is 410. The molecule has 0 spiro atoms. The lowest BCUT2D eigenvalue weighted by Crippen LogP contribution is -1.91. The summed E-state index contributed by atoms with van der Waals surface area (Å²) in [4.78, 5) is 0. The van der Waals surface area contributed by atoms with Crippen LogP contribution in [0, 0.1) is 0 Å². The van der Waals surface area contributed by atoms with Crippen LogP contribution in [0.3, 0.4) is 0 Å². The molecule has 5 heteroatoms. The minimum absolute atomic E-state index is 0.363. The van der Waals surface area contributed by atoms with Gasteiger partial charge in [0.15, 0.2) is 0 Å². The van der Waals surface area contributed by atoms with Gasteiger partial charge in [-0.25, -0.2) is 0 Å². The maximum atomic E-state index is 5.79. The van der Waals surface area contributed by atoms with Crippen LogP contribution in [0.1, 0.15) is 0 Å². The first-order chi connectivity index (χ1) is 6.27. The molecule has 13 heavy (non-hydrogen) atoms. The number of hydrogen-bond donors (Lipinski definition) is 0. The Morgan fingerprint density at radius 1 is 1.23 bits per heavy atom. The average Bonchev–Trinajstić information content (AvgIpc) is 2.53. The second kappa shape index (κ2) is 3.47. The van der Waals surface area contributed by atoms with E-state index in [4.69, 9.17) is 11.6 Å². The van der Waals surface area contributed by atoms with Crippen LogP contribution in [0.25, 0.3) is 5.69 Å². The van der Waals surface area contributed by atoms with Crippen molar-refractivity contribution in [1.29, 1.82) is 0 Å². The summed E-state index contributed by atoms with van der Waals surface area (Å²) in [6.45, 7) is 0. The molecule has 0 radical (unpaired) electrons. The quantitative estimate of drug-likeness (QED) is 0.787. The molecule has 2 aromatic rings. The van der Waals surface area contributed by atoms with Gasteiger partial charge in [0.25, 0.3) is 0 Å². The standard InChI is InChI=1S/C8H5BrClN3/c9-6-1-3-7(4-2-6)13-5-11-12-8(13)10/h1-5H. The topological polar surface area (TPSA) is 30.7 Å². The first kappa shape index (κ1) is 8.72. The lowest BCUT2D eigenvalue weighted by Gasteiger charge is -2.01. The van der Waals surface area contributed by atoms with Crippen LogP contribution in [0.5, 0.6) is 0 Å². The lowest BCUT2D eigenvalue weighted by atomic mass is 10.3. The van der Waals surface area contributed by atoms with Crippen molar-refractivity contribution in [2.45, 2.75) is 0 Å². The van der Waals surface area contributed by atoms with Gasteiger partial charge >= 0.3 is 0 Å². The highest BCUT2D eigenvalue weighted by atomic mass is 79.9. The molecule has 0 aliphatic carbocycles. The molecule has 0 bridgehead atoms. The van der Waals surface area contributed by atoms with Gasteiger partial charge in [-0.1, -0.05) is 15.9 Å². The zero-order valence-electron chi connectivity index (χ0n) is 6.48. The molecule has 1 aromatic heterocycles. The predicted octanol–water partition coefficient (Wildman–Crippen LogP) is 2.68. The van der Waals surface area contributed by atoms with Crippen molar-refractivity contribution in [2.75, 3.05) is 0 Å². The maximum Gasteiger partial charge on any atom is 0.229 e. The van der Waals surface area contributed by atoms with E-state index < -0.39 is 0 Å². The summed E-state index contributed by atoms with van der Waals surface area (Å²) in [6.07, 6.45) is 1.57. The number of rotatable bonds is 1. The zero-order chi connectivity index (χ0) is 9.26. The van der Waals surface area contributed by atoms with Gasteiger partial charge in [0.2, 0.25) is 5.28 Å². The van der Waals surface area contributed by atoms with E-state index in [-0.39, 0.29) is 0 Å². The molecule has 0 amide bonds. The van der Waals surface area contributed by atoms with Crippen molar-refractivity contribution in [3.05, 3.63) is 40.3 Å².